The summed E-state index contributed by atoms with van der Waals surface area (Å²) in [6.45, 7) is 2.81. The van der Waals surface area contributed by atoms with Crippen molar-refractivity contribution in [3.05, 3.63) is 64.7 Å². The second-order valence-corrected chi connectivity index (χ2v) is 8.53. The van der Waals surface area contributed by atoms with Crippen LogP contribution in [0, 0.1) is 0 Å². The van der Waals surface area contributed by atoms with Crippen molar-refractivity contribution in [3.8, 4) is 5.75 Å². The second-order valence-electron chi connectivity index (χ2n) is 6.92. The topological polar surface area (TPSA) is 87.7 Å². The molecule has 1 aliphatic rings. The van der Waals surface area contributed by atoms with Gasteiger partial charge in [-0.15, -0.1) is 0 Å². The van der Waals surface area contributed by atoms with Crippen LogP contribution in [0.5, 0.6) is 5.75 Å². The number of hydrogen-bond acceptors (Lipinski definition) is 6. The third-order valence-electron chi connectivity index (χ3n) is 4.50. The number of halogens is 1. The third kappa shape index (κ3) is 6.47. The predicted octanol–water partition coefficient (Wildman–Crippen LogP) is 3.32. The average molecular weight is 435 g/mol. The lowest BCUT2D eigenvalue weighted by Gasteiger charge is -2.18. The Bertz CT molecular complexity index is 862. The number of aliphatic hydroxyl groups excluding tert-OH is 1. The van der Waals surface area contributed by atoms with Crippen LogP contribution in [-0.4, -0.2) is 40.7 Å². The molecule has 2 aromatic rings. The van der Waals surface area contributed by atoms with E-state index in [1.807, 2.05) is 43.3 Å². The first-order chi connectivity index (χ1) is 13.9. The Balaban J connectivity index is 1.41. The number of benzene rings is 2. The van der Waals surface area contributed by atoms with Gasteiger partial charge in [0.05, 0.1) is 11.4 Å². The normalized spacial score (nSPS) is 18.4. The highest BCUT2D eigenvalue weighted by molar-refractivity contribution is 8.15. The van der Waals surface area contributed by atoms with Crippen LogP contribution >= 0.6 is 23.4 Å². The summed E-state index contributed by atoms with van der Waals surface area (Å²) < 4.78 is 5.78. The summed E-state index contributed by atoms with van der Waals surface area (Å²) >= 11 is 6.98. The Kier molecular flexibility index (Phi) is 7.55. The number of hydrogen-bond donors (Lipinski definition) is 3. The molecule has 3 N–H and O–H groups in total. The molecule has 0 aliphatic carbocycles. The van der Waals surface area contributed by atoms with Crippen LogP contribution < -0.4 is 15.4 Å². The Hall–Kier alpha value is -2.06. The fourth-order valence-corrected chi connectivity index (χ4v) is 3.95. The summed E-state index contributed by atoms with van der Waals surface area (Å²) in [5, 5.41) is 15.7. The van der Waals surface area contributed by atoms with E-state index in [2.05, 4.69) is 10.6 Å². The lowest BCUT2D eigenvalue weighted by atomic mass is 10.1. The molecule has 2 aromatic carbocycles. The van der Waals surface area contributed by atoms with Gasteiger partial charge >= 0.3 is 0 Å². The number of imide groups is 1. The van der Waals surface area contributed by atoms with Crippen LogP contribution in [0.1, 0.15) is 24.2 Å². The van der Waals surface area contributed by atoms with E-state index in [1.54, 1.807) is 12.1 Å². The lowest BCUT2D eigenvalue weighted by molar-refractivity contribution is -0.118. The van der Waals surface area contributed by atoms with Gasteiger partial charge in [0.2, 0.25) is 5.91 Å². The highest BCUT2D eigenvalue weighted by Crippen LogP contribution is 2.24. The monoisotopic (exact) mass is 434 g/mol. The SMILES string of the molecule is CC(COc1ccc(CC2SC(=O)NC2=O)cc1)NC[C@H](O)c1cccc(Cl)c1. The summed E-state index contributed by atoms with van der Waals surface area (Å²) in [6.07, 6.45) is -0.144. The van der Waals surface area contributed by atoms with Crippen molar-refractivity contribution in [2.45, 2.75) is 30.7 Å². The number of ether oxygens (including phenoxy) is 1. The van der Waals surface area contributed by atoms with E-state index >= 15 is 0 Å². The van der Waals surface area contributed by atoms with Crippen LogP contribution in [-0.2, 0) is 11.2 Å². The Labute approximate surface area is 179 Å². The number of amides is 2. The number of carbonyl (C=O) groups excluding carboxylic acids is 2. The van der Waals surface area contributed by atoms with Crippen molar-refractivity contribution in [1.82, 2.24) is 10.6 Å². The maximum atomic E-state index is 11.6. The highest BCUT2D eigenvalue weighted by atomic mass is 35.5. The quantitative estimate of drug-likeness (QED) is 0.561. The van der Waals surface area contributed by atoms with E-state index in [-0.39, 0.29) is 22.4 Å². The molecule has 0 saturated carbocycles. The molecule has 0 spiro atoms. The van der Waals surface area contributed by atoms with Gasteiger partial charge in [-0.25, -0.2) is 0 Å². The average Bonchev–Trinajstić information content (AvgIpc) is 3.02. The first-order valence-electron chi connectivity index (χ1n) is 9.31. The molecule has 154 valence electrons. The highest BCUT2D eigenvalue weighted by Gasteiger charge is 2.31. The van der Waals surface area contributed by atoms with Crippen molar-refractivity contribution in [1.29, 1.82) is 0 Å². The van der Waals surface area contributed by atoms with E-state index in [4.69, 9.17) is 16.3 Å². The molecular weight excluding hydrogens is 412 g/mol. The summed E-state index contributed by atoms with van der Waals surface area (Å²) in [5.41, 5.74) is 1.74. The van der Waals surface area contributed by atoms with Gasteiger partial charge in [0, 0.05) is 17.6 Å². The molecule has 29 heavy (non-hydrogen) atoms. The zero-order valence-corrected chi connectivity index (χ0v) is 17.5. The largest absolute Gasteiger partial charge is 0.492 e. The van der Waals surface area contributed by atoms with Gasteiger partial charge in [-0.2, -0.15) is 0 Å². The Morgan fingerprint density at radius 2 is 2.00 bits per heavy atom. The van der Waals surface area contributed by atoms with Gasteiger partial charge in [-0.1, -0.05) is 47.6 Å². The van der Waals surface area contributed by atoms with E-state index in [0.29, 0.717) is 24.6 Å². The van der Waals surface area contributed by atoms with Crippen molar-refractivity contribution >= 4 is 34.5 Å². The first kappa shape index (κ1) is 21.6. The predicted molar refractivity (Wildman–Crippen MR) is 114 cm³/mol. The molecule has 0 bridgehead atoms. The van der Waals surface area contributed by atoms with Gasteiger partial charge in [-0.05, 0) is 48.7 Å². The number of thioether (sulfide) groups is 1. The van der Waals surface area contributed by atoms with E-state index in [1.165, 1.54) is 0 Å². The minimum atomic E-state index is -0.645. The maximum Gasteiger partial charge on any atom is 0.286 e. The number of carbonyl (C=O) groups is 2. The molecule has 2 amide bonds. The molecule has 0 radical (unpaired) electrons. The number of aliphatic hydroxyl groups is 1. The van der Waals surface area contributed by atoms with Crippen molar-refractivity contribution < 1.29 is 19.4 Å². The fourth-order valence-electron chi connectivity index (χ4n) is 2.89. The van der Waals surface area contributed by atoms with E-state index in [9.17, 15) is 14.7 Å². The van der Waals surface area contributed by atoms with Gasteiger partial charge in [0.25, 0.3) is 5.24 Å². The summed E-state index contributed by atoms with van der Waals surface area (Å²) in [4.78, 5) is 22.9. The zero-order valence-electron chi connectivity index (χ0n) is 15.9. The molecule has 0 aromatic heterocycles. The molecule has 3 rings (SSSR count). The third-order valence-corrected chi connectivity index (χ3v) is 5.72. The Morgan fingerprint density at radius 3 is 2.66 bits per heavy atom. The first-order valence-corrected chi connectivity index (χ1v) is 10.6. The van der Waals surface area contributed by atoms with Gasteiger partial charge in [0.15, 0.2) is 0 Å². The minimum absolute atomic E-state index is 0.0353. The molecule has 3 atom stereocenters. The second kappa shape index (κ2) is 10.1. The molecular formula is C21H23ClN2O4S. The molecule has 1 fully saturated rings. The number of nitrogens with one attached hydrogen (secondary N) is 2. The Morgan fingerprint density at radius 1 is 1.24 bits per heavy atom. The van der Waals surface area contributed by atoms with Gasteiger partial charge in [0.1, 0.15) is 12.4 Å². The van der Waals surface area contributed by atoms with Gasteiger partial charge < -0.3 is 15.2 Å². The minimum Gasteiger partial charge on any atom is -0.492 e. The van der Waals surface area contributed by atoms with Crippen LogP contribution in [0.25, 0.3) is 0 Å². The van der Waals surface area contributed by atoms with Crippen LogP contribution in [0.2, 0.25) is 5.02 Å². The van der Waals surface area contributed by atoms with Crippen molar-refractivity contribution in [2.75, 3.05) is 13.2 Å². The summed E-state index contributed by atoms with van der Waals surface area (Å²) in [5.74, 6) is 0.484. The van der Waals surface area contributed by atoms with Crippen LogP contribution in [0.4, 0.5) is 4.79 Å². The van der Waals surface area contributed by atoms with Crippen LogP contribution in [0.15, 0.2) is 48.5 Å². The lowest BCUT2D eigenvalue weighted by Crippen LogP contribution is -2.34. The maximum absolute atomic E-state index is 11.6. The van der Waals surface area contributed by atoms with Crippen molar-refractivity contribution in [2.24, 2.45) is 0 Å². The van der Waals surface area contributed by atoms with Crippen LogP contribution in [0.3, 0.4) is 0 Å². The summed E-state index contributed by atoms with van der Waals surface area (Å²) in [7, 11) is 0. The molecule has 6 nitrogen and oxygen atoms in total. The molecule has 1 heterocycles. The summed E-state index contributed by atoms with van der Waals surface area (Å²) in [6, 6.07) is 14.7. The van der Waals surface area contributed by atoms with E-state index < -0.39 is 6.10 Å². The standard InChI is InChI=1S/C21H23ClN2O4S/c1-13(23-11-18(25)15-3-2-4-16(22)10-15)12-28-17-7-5-14(6-8-17)9-19-20(26)24-21(27)29-19/h2-8,10,13,18-19,23,25H,9,11-12H2,1H3,(H,24,26,27)/t13?,18-,19?/m0/s1. The smallest absolute Gasteiger partial charge is 0.286 e. The van der Waals surface area contributed by atoms with Crippen molar-refractivity contribution in [3.63, 3.8) is 0 Å². The van der Waals surface area contributed by atoms with Gasteiger partial charge in [-0.3, -0.25) is 14.9 Å². The molecule has 2 unspecified atom stereocenters. The molecule has 1 saturated heterocycles. The fraction of sp³-hybridized carbons (Fsp3) is 0.333. The molecule has 1 aliphatic heterocycles. The molecule has 8 heteroatoms. The zero-order chi connectivity index (χ0) is 20.8. The van der Waals surface area contributed by atoms with E-state index in [0.717, 1.165) is 28.6 Å². The number of rotatable bonds is 9.